The molecule has 0 radical (unpaired) electrons. The Bertz CT molecular complexity index is 1010. The molecule has 4 rings (SSSR count). The molecule has 2 fully saturated rings. The first-order valence-electron chi connectivity index (χ1n) is 10.8. The molecule has 170 valence electrons. The van der Waals surface area contributed by atoms with Gasteiger partial charge in [-0.15, -0.1) is 0 Å². The number of halogens is 1. The van der Waals surface area contributed by atoms with Crippen LogP contribution in [0.15, 0.2) is 30.6 Å². The number of hydrogen-bond acceptors (Lipinski definition) is 5. The van der Waals surface area contributed by atoms with Gasteiger partial charge in [0.2, 0.25) is 5.91 Å². The first-order valence-corrected chi connectivity index (χ1v) is 11.2. The first-order chi connectivity index (χ1) is 15.4. The molecule has 3 heterocycles. The van der Waals surface area contributed by atoms with Crippen molar-refractivity contribution in [2.45, 2.75) is 12.8 Å². The largest absolute Gasteiger partial charge is 0.339 e. The van der Waals surface area contributed by atoms with Crippen molar-refractivity contribution in [2.24, 2.45) is 13.0 Å². The van der Waals surface area contributed by atoms with Gasteiger partial charge in [-0.3, -0.25) is 14.4 Å². The van der Waals surface area contributed by atoms with Gasteiger partial charge in [-0.2, -0.15) is 0 Å². The number of carbonyl (C=O) groups excluding carboxylic acids is 3. The van der Waals surface area contributed by atoms with Crippen molar-refractivity contribution in [3.05, 3.63) is 47.0 Å². The van der Waals surface area contributed by atoms with Gasteiger partial charge in [0.1, 0.15) is 0 Å². The van der Waals surface area contributed by atoms with E-state index < -0.39 is 0 Å². The molecular formula is C22H27ClN6O3. The zero-order chi connectivity index (χ0) is 22.7. The fraction of sp³-hybridized carbons (Fsp3) is 0.455. The van der Waals surface area contributed by atoms with Crippen molar-refractivity contribution in [1.29, 1.82) is 0 Å². The number of nitrogens with one attached hydrogen (secondary N) is 2. The summed E-state index contributed by atoms with van der Waals surface area (Å²) < 4.78 is 1.62. The summed E-state index contributed by atoms with van der Waals surface area (Å²) in [6, 6.07) is 4.83. The highest BCUT2D eigenvalue weighted by atomic mass is 35.5. The van der Waals surface area contributed by atoms with Crippen LogP contribution in [-0.2, 0) is 11.8 Å². The second-order valence-corrected chi connectivity index (χ2v) is 8.56. The van der Waals surface area contributed by atoms with E-state index in [0.29, 0.717) is 37.4 Å². The van der Waals surface area contributed by atoms with Gasteiger partial charge in [0.25, 0.3) is 11.8 Å². The van der Waals surface area contributed by atoms with Crippen LogP contribution in [0.25, 0.3) is 0 Å². The average molecular weight is 459 g/mol. The molecule has 0 saturated carbocycles. The van der Waals surface area contributed by atoms with E-state index in [4.69, 9.17) is 11.6 Å². The van der Waals surface area contributed by atoms with Crippen LogP contribution in [0.4, 0.5) is 5.69 Å². The van der Waals surface area contributed by atoms with E-state index in [0.717, 1.165) is 25.9 Å². The zero-order valence-electron chi connectivity index (χ0n) is 18.0. The standard InChI is InChI=1S/C22H27ClN6O3/c1-27-9-8-25-19(27)20(30)26-16-2-3-17(18(23)14-16)22(32)29-12-10-28(11-13-29)21(31)15-4-6-24-7-5-15/h2-3,8-9,14-15,24H,4-7,10-13H2,1H3,(H,26,30). The molecule has 0 bridgehead atoms. The van der Waals surface area contributed by atoms with Crippen LogP contribution in [0, 0.1) is 5.92 Å². The molecule has 0 aliphatic carbocycles. The Morgan fingerprint density at radius 1 is 1.09 bits per heavy atom. The summed E-state index contributed by atoms with van der Waals surface area (Å²) in [5.74, 6) is 0.0252. The number of anilines is 1. The van der Waals surface area contributed by atoms with E-state index in [1.54, 1.807) is 47.1 Å². The van der Waals surface area contributed by atoms with Crippen molar-refractivity contribution < 1.29 is 14.4 Å². The molecule has 2 aromatic rings. The molecule has 32 heavy (non-hydrogen) atoms. The number of hydrogen-bond donors (Lipinski definition) is 2. The third-order valence-electron chi connectivity index (χ3n) is 6.05. The molecule has 10 heteroatoms. The maximum Gasteiger partial charge on any atom is 0.291 e. The highest BCUT2D eigenvalue weighted by molar-refractivity contribution is 6.34. The Hall–Kier alpha value is -2.91. The van der Waals surface area contributed by atoms with Crippen molar-refractivity contribution in [2.75, 3.05) is 44.6 Å². The zero-order valence-corrected chi connectivity index (χ0v) is 18.8. The van der Waals surface area contributed by atoms with Gasteiger partial charge in [0.15, 0.2) is 5.82 Å². The van der Waals surface area contributed by atoms with Gasteiger partial charge < -0.3 is 25.0 Å². The summed E-state index contributed by atoms with van der Waals surface area (Å²) in [6.45, 7) is 3.78. The Morgan fingerprint density at radius 3 is 2.41 bits per heavy atom. The van der Waals surface area contributed by atoms with Crippen molar-refractivity contribution >= 4 is 35.0 Å². The minimum Gasteiger partial charge on any atom is -0.339 e. The monoisotopic (exact) mass is 458 g/mol. The molecule has 2 saturated heterocycles. The topological polar surface area (TPSA) is 99.6 Å². The molecule has 2 aliphatic heterocycles. The quantitative estimate of drug-likeness (QED) is 0.725. The van der Waals surface area contributed by atoms with E-state index in [1.807, 2.05) is 4.90 Å². The number of piperidine rings is 1. The van der Waals surface area contributed by atoms with E-state index >= 15 is 0 Å². The summed E-state index contributed by atoms with van der Waals surface area (Å²) in [6.07, 6.45) is 4.97. The number of amides is 3. The second kappa shape index (κ2) is 9.70. The first kappa shape index (κ1) is 22.3. The summed E-state index contributed by atoms with van der Waals surface area (Å²) in [5.41, 5.74) is 0.858. The molecule has 1 aromatic carbocycles. The smallest absolute Gasteiger partial charge is 0.291 e. The van der Waals surface area contributed by atoms with Gasteiger partial charge in [-0.05, 0) is 44.1 Å². The second-order valence-electron chi connectivity index (χ2n) is 8.15. The number of rotatable bonds is 4. The van der Waals surface area contributed by atoms with Crippen LogP contribution in [0.3, 0.4) is 0 Å². The van der Waals surface area contributed by atoms with Crippen molar-refractivity contribution in [3.63, 3.8) is 0 Å². The van der Waals surface area contributed by atoms with E-state index in [1.165, 1.54) is 0 Å². The molecular weight excluding hydrogens is 432 g/mol. The maximum atomic E-state index is 13.0. The van der Waals surface area contributed by atoms with Gasteiger partial charge >= 0.3 is 0 Å². The van der Waals surface area contributed by atoms with Crippen LogP contribution < -0.4 is 10.6 Å². The number of carbonyl (C=O) groups is 3. The lowest BCUT2D eigenvalue weighted by Gasteiger charge is -2.37. The average Bonchev–Trinajstić information content (AvgIpc) is 3.25. The summed E-state index contributed by atoms with van der Waals surface area (Å²) in [5, 5.41) is 6.28. The third-order valence-corrected chi connectivity index (χ3v) is 6.36. The van der Waals surface area contributed by atoms with Gasteiger partial charge in [-0.25, -0.2) is 4.98 Å². The third kappa shape index (κ3) is 4.78. The maximum absolute atomic E-state index is 13.0. The predicted octanol–water partition coefficient (Wildman–Crippen LogP) is 1.61. The fourth-order valence-electron chi connectivity index (χ4n) is 4.17. The number of imidazole rings is 1. The Labute approximate surface area is 191 Å². The van der Waals surface area contributed by atoms with Gasteiger partial charge in [0.05, 0.1) is 10.6 Å². The number of piperazine rings is 1. The number of aromatic nitrogens is 2. The molecule has 2 N–H and O–H groups in total. The van der Waals surface area contributed by atoms with Crippen molar-refractivity contribution in [3.8, 4) is 0 Å². The Morgan fingerprint density at radius 2 is 1.78 bits per heavy atom. The SMILES string of the molecule is Cn1ccnc1C(=O)Nc1ccc(C(=O)N2CCN(C(=O)C3CCNCC3)CC2)c(Cl)c1. The van der Waals surface area contributed by atoms with Gasteiger partial charge in [0, 0.05) is 57.2 Å². The lowest BCUT2D eigenvalue weighted by Crippen LogP contribution is -2.52. The minimum absolute atomic E-state index is 0.0847. The molecule has 9 nitrogen and oxygen atoms in total. The van der Waals surface area contributed by atoms with Crippen molar-refractivity contribution in [1.82, 2.24) is 24.7 Å². The van der Waals surface area contributed by atoms with E-state index in [-0.39, 0.29) is 34.5 Å². The fourth-order valence-corrected chi connectivity index (χ4v) is 4.43. The van der Waals surface area contributed by atoms with Crippen LogP contribution in [0.2, 0.25) is 5.02 Å². The molecule has 3 amide bonds. The molecule has 0 unspecified atom stereocenters. The highest BCUT2D eigenvalue weighted by Crippen LogP contribution is 2.24. The summed E-state index contributed by atoms with van der Waals surface area (Å²) in [4.78, 5) is 45.6. The van der Waals surface area contributed by atoms with E-state index in [2.05, 4.69) is 15.6 Å². The minimum atomic E-state index is -0.359. The lowest BCUT2D eigenvalue weighted by atomic mass is 9.96. The number of nitrogens with zero attached hydrogens (tertiary/aromatic N) is 4. The number of aryl methyl sites for hydroxylation is 1. The van der Waals surface area contributed by atoms with Crippen LogP contribution in [0.5, 0.6) is 0 Å². The molecule has 0 atom stereocenters. The molecule has 0 spiro atoms. The van der Waals surface area contributed by atoms with Gasteiger partial charge in [-0.1, -0.05) is 11.6 Å². The summed E-state index contributed by atoms with van der Waals surface area (Å²) in [7, 11) is 1.73. The van der Waals surface area contributed by atoms with Crippen LogP contribution in [-0.4, -0.2) is 76.3 Å². The number of benzene rings is 1. The van der Waals surface area contributed by atoms with Crippen LogP contribution in [0.1, 0.15) is 33.8 Å². The molecule has 1 aromatic heterocycles. The summed E-state index contributed by atoms with van der Waals surface area (Å²) >= 11 is 6.37. The predicted molar refractivity (Wildman–Crippen MR) is 121 cm³/mol. The highest BCUT2D eigenvalue weighted by Gasteiger charge is 2.30. The van der Waals surface area contributed by atoms with E-state index in [9.17, 15) is 14.4 Å². The van der Waals surface area contributed by atoms with Crippen LogP contribution >= 0.6 is 11.6 Å². The Balaban J connectivity index is 1.35. The Kier molecular flexibility index (Phi) is 6.76. The normalized spacial score (nSPS) is 17.3. The molecule has 2 aliphatic rings. The lowest BCUT2D eigenvalue weighted by molar-refractivity contribution is -0.137.